The first kappa shape index (κ1) is 34.5. The third-order valence-corrected chi connectivity index (χ3v) is 13.0. The van der Waals surface area contributed by atoms with Crippen molar-refractivity contribution in [2.45, 2.75) is 46.0 Å². The van der Waals surface area contributed by atoms with E-state index in [-0.39, 0.29) is 21.2 Å². The first-order chi connectivity index (χ1) is 24.4. The highest BCUT2D eigenvalue weighted by Crippen LogP contribution is 2.35. The fourth-order valence-corrected chi connectivity index (χ4v) is 10.3. The fraction of sp³-hybridized carbons (Fsp3) is 0.200. The number of benzene rings is 6. The summed E-state index contributed by atoms with van der Waals surface area (Å²) >= 11 is 6.76. The number of hydrogen-bond donors (Lipinski definition) is 0. The minimum atomic E-state index is -0.218. The minimum absolute atomic E-state index is 0.218. The number of hydrogen-bond acceptors (Lipinski definition) is 8. The average Bonchev–Trinajstić information content (AvgIpc) is 3.11. The van der Waals surface area contributed by atoms with E-state index in [0.717, 1.165) is 66.8 Å². The zero-order valence-corrected chi connectivity index (χ0v) is 30.5. The van der Waals surface area contributed by atoms with Gasteiger partial charge in [-0.25, -0.2) is 0 Å². The van der Waals surface area contributed by atoms with Gasteiger partial charge in [-0.3, -0.25) is 20.2 Å². The Balaban J connectivity index is 1.16. The second-order valence-electron chi connectivity index (χ2n) is 12.4. The van der Waals surface area contributed by atoms with Gasteiger partial charge in [-0.05, 0) is 43.8 Å². The van der Waals surface area contributed by atoms with Crippen LogP contribution in [0.1, 0.15) is 44.5 Å². The van der Waals surface area contributed by atoms with E-state index in [2.05, 4.69) is 72.8 Å². The topological polar surface area (TPSA) is 86.3 Å². The quantitative estimate of drug-likeness (QED) is 0.128. The van der Waals surface area contributed by atoms with Gasteiger partial charge < -0.3 is 0 Å². The van der Waals surface area contributed by atoms with Crippen molar-refractivity contribution in [2.24, 2.45) is 0 Å². The van der Waals surface area contributed by atoms with Crippen LogP contribution in [0.25, 0.3) is 21.5 Å². The van der Waals surface area contributed by atoms with E-state index in [1.54, 1.807) is 47.0 Å². The Hall–Kier alpha value is -3.96. The molecule has 8 aliphatic heterocycles. The van der Waals surface area contributed by atoms with E-state index in [1.165, 1.54) is 22.3 Å². The highest BCUT2D eigenvalue weighted by molar-refractivity contribution is 7.98. The molecule has 0 N–H and O–H groups in total. The number of nitrogens with zero attached hydrogens (tertiary/aromatic N) is 2. The van der Waals surface area contributed by atoms with Crippen LogP contribution in [0.4, 0.5) is 11.4 Å². The molecule has 0 saturated carbocycles. The van der Waals surface area contributed by atoms with Crippen molar-refractivity contribution in [3.63, 3.8) is 0 Å². The summed E-state index contributed by atoms with van der Waals surface area (Å²) in [5, 5.41) is 29.1. The number of thioether (sulfide) groups is 4. The minimum Gasteiger partial charge on any atom is -0.258 e. The average molecular weight is 735 g/mol. The van der Waals surface area contributed by atoms with Crippen molar-refractivity contribution in [3.05, 3.63) is 174 Å². The highest BCUT2D eigenvalue weighted by Gasteiger charge is 2.21. The van der Waals surface area contributed by atoms with Crippen LogP contribution in [0.2, 0.25) is 0 Å². The zero-order valence-electron chi connectivity index (χ0n) is 27.2. The molecular weight excluding hydrogens is 701 g/mol. The van der Waals surface area contributed by atoms with Gasteiger partial charge in [0.1, 0.15) is 0 Å². The lowest BCUT2D eigenvalue weighted by Crippen LogP contribution is -2.00. The Bertz CT molecular complexity index is 1930. The maximum atomic E-state index is 12.2. The summed E-state index contributed by atoms with van der Waals surface area (Å²) < 4.78 is 0. The molecule has 6 nitrogen and oxygen atoms in total. The van der Waals surface area contributed by atoms with Crippen molar-refractivity contribution in [1.82, 2.24) is 0 Å². The van der Waals surface area contributed by atoms with Crippen LogP contribution in [-0.2, 0) is 46.0 Å². The predicted molar refractivity (Wildman–Crippen MR) is 214 cm³/mol. The van der Waals surface area contributed by atoms with Crippen molar-refractivity contribution in [2.75, 3.05) is 0 Å². The van der Waals surface area contributed by atoms with Crippen molar-refractivity contribution in [3.8, 4) is 0 Å². The second-order valence-corrected chi connectivity index (χ2v) is 16.3. The molecule has 0 spiro atoms. The zero-order chi connectivity index (χ0) is 34.5. The summed E-state index contributed by atoms with van der Waals surface area (Å²) in [6.45, 7) is 0. The summed E-state index contributed by atoms with van der Waals surface area (Å²) in [4.78, 5) is 24.1. The number of rotatable bonds is 2. The Kier molecular flexibility index (Phi) is 11.0. The highest BCUT2D eigenvalue weighted by atomic mass is 32.2. The first-order valence-electron chi connectivity index (χ1n) is 16.3. The Labute approximate surface area is 308 Å². The molecule has 8 heterocycles. The van der Waals surface area contributed by atoms with Crippen LogP contribution in [0.15, 0.2) is 109 Å². The van der Waals surface area contributed by atoms with Crippen LogP contribution in [0.3, 0.4) is 0 Å². The van der Waals surface area contributed by atoms with E-state index in [9.17, 15) is 20.2 Å². The summed E-state index contributed by atoms with van der Waals surface area (Å²) in [6, 6.07) is 37.2. The molecule has 0 unspecified atom stereocenters. The maximum absolute atomic E-state index is 12.2. The molecule has 12 bridgehead atoms. The van der Waals surface area contributed by atoms with E-state index >= 15 is 0 Å². The second kappa shape index (κ2) is 15.9. The molecule has 0 fully saturated rings. The third-order valence-electron chi connectivity index (χ3n) is 8.81. The number of para-hydroxylation sites is 2. The molecule has 6 aromatic rings. The summed E-state index contributed by atoms with van der Waals surface area (Å²) in [5.41, 5.74) is 8.23. The summed E-state index contributed by atoms with van der Waals surface area (Å²) in [5.74, 6) is 5.27. The molecular formula is C40H34N2O4S4. The maximum Gasteiger partial charge on any atom is 0.277 e. The Morgan fingerprint density at radius 2 is 0.640 bits per heavy atom. The summed E-state index contributed by atoms with van der Waals surface area (Å²) in [7, 11) is 0. The van der Waals surface area contributed by atoms with E-state index < -0.39 is 0 Å². The number of nitro groups is 2. The van der Waals surface area contributed by atoms with Crippen LogP contribution in [-0.4, -0.2) is 9.85 Å². The van der Waals surface area contributed by atoms with E-state index in [1.807, 2.05) is 36.4 Å². The lowest BCUT2D eigenvalue weighted by atomic mass is 10.1. The van der Waals surface area contributed by atoms with Crippen molar-refractivity contribution < 1.29 is 9.85 Å². The van der Waals surface area contributed by atoms with Crippen LogP contribution in [0.5, 0.6) is 0 Å². The lowest BCUT2D eigenvalue weighted by molar-refractivity contribution is -0.386. The normalized spacial score (nSPS) is 14.6. The van der Waals surface area contributed by atoms with Crippen molar-refractivity contribution >= 4 is 80.0 Å². The van der Waals surface area contributed by atoms with Gasteiger partial charge in [-0.2, -0.15) is 47.0 Å². The lowest BCUT2D eigenvalue weighted by Gasteiger charge is -2.11. The predicted octanol–water partition coefficient (Wildman–Crippen LogP) is 11.9. The molecule has 0 saturated heterocycles. The van der Waals surface area contributed by atoms with Crippen LogP contribution >= 0.6 is 47.0 Å². The van der Waals surface area contributed by atoms with Gasteiger partial charge in [0.05, 0.1) is 9.85 Å². The Morgan fingerprint density at radius 3 is 0.880 bits per heavy atom. The van der Waals surface area contributed by atoms with Gasteiger partial charge in [0.15, 0.2) is 0 Å². The number of nitro benzene ring substituents is 2. The standard InChI is InChI=1S/C40H34N2O4S4/c43-41(44)39-35-3-1-4-36(39)24-48-20-28-8-12-34-18-30(10-14-32(34)16-28)22-50-26-38-6-2-5-37(40(38)42(45)46)25-49-21-29-9-13-31-15-27(19-47-23-35)7-11-33(31)17-29/h1-18H,19-26H2. The SMILES string of the molecule is O=[N+]([O-])c1c2cccc1CSCc1ccc3cc(ccc3c1)CSCc1cccc(c1[N+](=O)[O-])CSCc1ccc3cc(ccc3c1)CSC2. The third kappa shape index (κ3) is 8.15. The van der Waals surface area contributed by atoms with Gasteiger partial charge in [-0.15, -0.1) is 0 Å². The molecule has 0 radical (unpaired) electrons. The van der Waals surface area contributed by atoms with Gasteiger partial charge >= 0.3 is 0 Å². The molecule has 0 aliphatic carbocycles. The van der Waals surface area contributed by atoms with Gasteiger partial charge in [0, 0.05) is 68.3 Å². The molecule has 6 aromatic carbocycles. The smallest absolute Gasteiger partial charge is 0.258 e. The van der Waals surface area contributed by atoms with Gasteiger partial charge in [0.25, 0.3) is 11.4 Å². The fourth-order valence-electron chi connectivity index (χ4n) is 6.39. The van der Waals surface area contributed by atoms with Crippen molar-refractivity contribution in [1.29, 1.82) is 0 Å². The molecule has 0 atom stereocenters. The largest absolute Gasteiger partial charge is 0.277 e. The monoisotopic (exact) mass is 734 g/mol. The molecule has 0 aromatic heterocycles. The van der Waals surface area contributed by atoms with E-state index in [0.29, 0.717) is 23.0 Å². The molecule has 0 amide bonds. The molecule has 10 heteroatoms. The summed E-state index contributed by atoms with van der Waals surface area (Å²) in [6.07, 6.45) is 0. The van der Waals surface area contributed by atoms with Gasteiger partial charge in [0.2, 0.25) is 0 Å². The molecule has 8 aliphatic rings. The molecule has 14 rings (SSSR count). The molecule has 252 valence electrons. The molecule has 50 heavy (non-hydrogen) atoms. The first-order valence-corrected chi connectivity index (χ1v) is 20.9. The van der Waals surface area contributed by atoms with E-state index in [4.69, 9.17) is 0 Å². The Morgan fingerprint density at radius 1 is 0.380 bits per heavy atom. The van der Waals surface area contributed by atoms with Crippen LogP contribution in [0, 0.1) is 20.2 Å². The van der Waals surface area contributed by atoms with Crippen LogP contribution < -0.4 is 0 Å². The van der Waals surface area contributed by atoms with Gasteiger partial charge in [-0.1, -0.05) is 109 Å².